The van der Waals surface area contributed by atoms with E-state index in [2.05, 4.69) is 24.0 Å². The lowest BCUT2D eigenvalue weighted by Gasteiger charge is -2.36. The first-order valence-corrected chi connectivity index (χ1v) is 6.70. The van der Waals surface area contributed by atoms with Crippen molar-refractivity contribution in [3.63, 3.8) is 0 Å². The second-order valence-corrected chi connectivity index (χ2v) is 5.04. The van der Waals surface area contributed by atoms with Crippen LogP contribution in [-0.2, 0) is 11.3 Å². The van der Waals surface area contributed by atoms with E-state index in [1.165, 1.54) is 5.56 Å². The number of carbonyl (C=O) groups excluding carboxylic acids is 1. The molecule has 1 aromatic rings. The molecule has 18 heavy (non-hydrogen) atoms. The zero-order valence-corrected chi connectivity index (χ0v) is 10.8. The zero-order valence-electron chi connectivity index (χ0n) is 10.8. The van der Waals surface area contributed by atoms with E-state index in [4.69, 9.17) is 0 Å². The summed E-state index contributed by atoms with van der Waals surface area (Å²) in [5, 5.41) is 3.48. The molecule has 0 radical (unpaired) electrons. The summed E-state index contributed by atoms with van der Waals surface area (Å²) < 4.78 is 0. The summed E-state index contributed by atoms with van der Waals surface area (Å²) in [5.41, 5.74) is 0.856. The quantitative estimate of drug-likeness (QED) is 0.804. The number of hydrogen-bond donors (Lipinski definition) is 1. The zero-order chi connectivity index (χ0) is 12.8. The molecule has 1 aromatic carbocycles. The highest BCUT2D eigenvalue weighted by atomic mass is 16.1. The average Bonchev–Trinajstić information content (AvgIpc) is 2.41. The number of benzene rings is 1. The lowest BCUT2D eigenvalue weighted by molar-refractivity contribution is -0.127. The molecular formula is C16H21NO. The van der Waals surface area contributed by atoms with Crippen LogP contribution in [0.15, 0.2) is 43.0 Å². The minimum Gasteiger partial charge on any atom is -0.301 e. The highest BCUT2D eigenvalue weighted by Gasteiger charge is 2.37. The van der Waals surface area contributed by atoms with Crippen molar-refractivity contribution in [2.45, 2.75) is 44.2 Å². The van der Waals surface area contributed by atoms with E-state index in [9.17, 15) is 4.79 Å². The molecule has 1 atom stereocenters. The van der Waals surface area contributed by atoms with Gasteiger partial charge in [0.25, 0.3) is 0 Å². The topological polar surface area (TPSA) is 29.1 Å². The predicted octanol–water partition coefficient (Wildman–Crippen LogP) is 3.23. The molecule has 1 fully saturated rings. The maximum absolute atomic E-state index is 12.2. The molecule has 1 aliphatic rings. The van der Waals surface area contributed by atoms with Gasteiger partial charge < -0.3 is 5.32 Å². The van der Waals surface area contributed by atoms with Crippen molar-refractivity contribution in [1.82, 2.24) is 5.32 Å². The van der Waals surface area contributed by atoms with Gasteiger partial charge in [0, 0.05) is 13.0 Å². The van der Waals surface area contributed by atoms with Gasteiger partial charge in [0.2, 0.25) is 0 Å². The molecule has 1 saturated carbocycles. The molecule has 1 aliphatic carbocycles. The van der Waals surface area contributed by atoms with Crippen LogP contribution in [0.2, 0.25) is 0 Å². The van der Waals surface area contributed by atoms with Gasteiger partial charge in [-0.1, -0.05) is 42.8 Å². The van der Waals surface area contributed by atoms with Gasteiger partial charge in [-0.2, -0.15) is 0 Å². The summed E-state index contributed by atoms with van der Waals surface area (Å²) in [4.78, 5) is 12.2. The molecule has 0 amide bonds. The van der Waals surface area contributed by atoms with Gasteiger partial charge in [-0.15, -0.1) is 6.58 Å². The van der Waals surface area contributed by atoms with E-state index in [1.54, 1.807) is 0 Å². The van der Waals surface area contributed by atoms with Crippen LogP contribution in [0, 0.1) is 0 Å². The lowest BCUT2D eigenvalue weighted by Crippen LogP contribution is -2.53. The molecule has 2 rings (SSSR count). The van der Waals surface area contributed by atoms with Crippen molar-refractivity contribution in [2.75, 3.05) is 0 Å². The summed E-state index contributed by atoms with van der Waals surface area (Å²) in [5.74, 6) is 0.351. The molecule has 2 nitrogen and oxygen atoms in total. The molecule has 0 saturated heterocycles. The fourth-order valence-corrected chi connectivity index (χ4v) is 2.68. The number of nitrogens with one attached hydrogen (secondary N) is 1. The fraction of sp³-hybridized carbons (Fsp3) is 0.438. The van der Waals surface area contributed by atoms with Crippen LogP contribution >= 0.6 is 0 Å². The van der Waals surface area contributed by atoms with E-state index >= 15 is 0 Å². The first-order chi connectivity index (χ1) is 8.77. The standard InChI is InChI=1S/C16H21NO/c1-2-11-16(12-7-6-10-15(16)18)17-13-14-8-4-3-5-9-14/h2-5,8-9,17H,1,6-7,10-13H2. The van der Waals surface area contributed by atoms with Crippen LogP contribution in [0.3, 0.4) is 0 Å². The summed E-state index contributed by atoms with van der Waals surface area (Å²) in [6, 6.07) is 10.2. The third-order valence-electron chi connectivity index (χ3n) is 3.76. The van der Waals surface area contributed by atoms with Gasteiger partial charge in [0.05, 0.1) is 5.54 Å². The van der Waals surface area contributed by atoms with Crippen LogP contribution in [0.1, 0.15) is 37.7 Å². The van der Waals surface area contributed by atoms with E-state index in [-0.39, 0.29) is 5.54 Å². The normalized spacial score (nSPS) is 23.9. The molecule has 0 spiro atoms. The maximum Gasteiger partial charge on any atom is 0.153 e. The molecule has 0 bridgehead atoms. The Morgan fingerprint density at radius 1 is 1.28 bits per heavy atom. The van der Waals surface area contributed by atoms with Crippen molar-refractivity contribution in [1.29, 1.82) is 0 Å². The number of hydrogen-bond acceptors (Lipinski definition) is 2. The smallest absolute Gasteiger partial charge is 0.153 e. The van der Waals surface area contributed by atoms with Crippen molar-refractivity contribution < 1.29 is 4.79 Å². The highest BCUT2D eigenvalue weighted by molar-refractivity contribution is 5.89. The minimum absolute atomic E-state index is 0.351. The second-order valence-electron chi connectivity index (χ2n) is 5.04. The van der Waals surface area contributed by atoms with Crippen LogP contribution in [0.25, 0.3) is 0 Å². The van der Waals surface area contributed by atoms with Crippen molar-refractivity contribution >= 4 is 5.78 Å². The summed E-state index contributed by atoms with van der Waals surface area (Å²) in [7, 11) is 0. The Hall–Kier alpha value is -1.41. The van der Waals surface area contributed by atoms with E-state index < -0.39 is 0 Å². The number of ketones is 1. The predicted molar refractivity (Wildman–Crippen MR) is 74.3 cm³/mol. The molecular weight excluding hydrogens is 222 g/mol. The van der Waals surface area contributed by atoms with Gasteiger partial charge in [0.15, 0.2) is 5.78 Å². The van der Waals surface area contributed by atoms with Crippen LogP contribution < -0.4 is 5.32 Å². The van der Waals surface area contributed by atoms with E-state index in [0.29, 0.717) is 12.2 Å². The number of Topliss-reactive ketones (excluding diaryl/α,β-unsaturated/α-hetero) is 1. The van der Waals surface area contributed by atoms with E-state index in [1.807, 2.05) is 24.3 Å². The molecule has 0 heterocycles. The van der Waals surface area contributed by atoms with Gasteiger partial charge >= 0.3 is 0 Å². The van der Waals surface area contributed by atoms with Crippen LogP contribution in [-0.4, -0.2) is 11.3 Å². The highest BCUT2D eigenvalue weighted by Crippen LogP contribution is 2.28. The Bertz CT molecular complexity index is 412. The summed E-state index contributed by atoms with van der Waals surface area (Å²) >= 11 is 0. The Kier molecular flexibility index (Phi) is 4.32. The van der Waals surface area contributed by atoms with Gasteiger partial charge in [0.1, 0.15) is 0 Å². The summed E-state index contributed by atoms with van der Waals surface area (Å²) in [6.07, 6.45) is 6.40. The molecule has 0 aromatic heterocycles. The average molecular weight is 243 g/mol. The van der Waals surface area contributed by atoms with Crippen molar-refractivity contribution in [3.8, 4) is 0 Å². The Labute approximate surface area is 109 Å². The van der Waals surface area contributed by atoms with Crippen LogP contribution in [0.5, 0.6) is 0 Å². The Morgan fingerprint density at radius 2 is 2.06 bits per heavy atom. The van der Waals surface area contributed by atoms with Gasteiger partial charge in [-0.05, 0) is 24.8 Å². The largest absolute Gasteiger partial charge is 0.301 e. The van der Waals surface area contributed by atoms with Crippen LogP contribution in [0.4, 0.5) is 0 Å². The molecule has 96 valence electrons. The molecule has 1 unspecified atom stereocenters. The summed E-state index contributed by atoms with van der Waals surface area (Å²) in [6.45, 7) is 4.55. The third kappa shape index (κ3) is 2.88. The van der Waals surface area contributed by atoms with E-state index in [0.717, 1.165) is 32.2 Å². The second kappa shape index (κ2) is 5.96. The minimum atomic E-state index is -0.365. The Balaban J connectivity index is 2.06. The SMILES string of the molecule is C=CCC1(NCc2ccccc2)CCCCC1=O. The Morgan fingerprint density at radius 3 is 2.72 bits per heavy atom. The van der Waals surface area contributed by atoms with Crippen molar-refractivity contribution in [3.05, 3.63) is 48.6 Å². The molecule has 1 N–H and O–H groups in total. The lowest BCUT2D eigenvalue weighted by atomic mass is 9.78. The fourth-order valence-electron chi connectivity index (χ4n) is 2.68. The number of rotatable bonds is 5. The first kappa shape index (κ1) is 13.0. The first-order valence-electron chi connectivity index (χ1n) is 6.70. The third-order valence-corrected chi connectivity index (χ3v) is 3.76. The number of carbonyl (C=O) groups is 1. The maximum atomic E-state index is 12.2. The molecule has 0 aliphatic heterocycles. The van der Waals surface area contributed by atoms with Gasteiger partial charge in [-0.25, -0.2) is 0 Å². The monoisotopic (exact) mass is 243 g/mol. The van der Waals surface area contributed by atoms with Crippen molar-refractivity contribution in [2.24, 2.45) is 0 Å². The van der Waals surface area contributed by atoms with Gasteiger partial charge in [-0.3, -0.25) is 4.79 Å². The molecule has 2 heteroatoms.